The van der Waals surface area contributed by atoms with Crippen LogP contribution in [0.15, 0.2) is 41.3 Å². The minimum Gasteiger partial charge on any atom is -0.356 e. The third-order valence-electron chi connectivity index (χ3n) is 4.43. The summed E-state index contributed by atoms with van der Waals surface area (Å²) in [6, 6.07) is 9.08. The highest BCUT2D eigenvalue weighted by molar-refractivity contribution is 8.01. The van der Waals surface area contributed by atoms with Crippen LogP contribution in [0.25, 0.3) is 11.1 Å². The molecule has 0 aliphatic carbocycles. The van der Waals surface area contributed by atoms with E-state index in [1.165, 1.54) is 12.1 Å². The molecule has 0 spiro atoms. The van der Waals surface area contributed by atoms with Gasteiger partial charge in [-0.05, 0) is 49.6 Å². The average Bonchev–Trinajstić information content (AvgIpc) is 2.65. The smallest absolute Gasteiger partial charge is 0.214 e. The van der Waals surface area contributed by atoms with Gasteiger partial charge in [-0.3, -0.25) is 13.8 Å². The molecular weight excluding hydrogens is 386 g/mol. The molecule has 0 fully saturated rings. The molecule has 0 aliphatic rings. The Bertz CT molecular complexity index is 914. The fourth-order valence-corrected chi connectivity index (χ4v) is 4.12. The quantitative estimate of drug-likeness (QED) is 0.494. The van der Waals surface area contributed by atoms with Gasteiger partial charge in [-0.25, -0.2) is 8.78 Å². The van der Waals surface area contributed by atoms with Gasteiger partial charge in [-0.1, -0.05) is 28.1 Å². The van der Waals surface area contributed by atoms with Crippen molar-refractivity contribution in [3.63, 3.8) is 0 Å². The lowest BCUT2D eigenvalue weighted by atomic mass is 10.0. The number of amides is 2. The summed E-state index contributed by atoms with van der Waals surface area (Å²) in [5.41, 5.74) is 0.158. The number of hydrogen-bond acceptors (Lipinski definition) is 3. The minimum absolute atomic E-state index is 0.0115. The van der Waals surface area contributed by atoms with Crippen LogP contribution in [-0.4, -0.2) is 42.1 Å². The molecule has 2 aromatic rings. The summed E-state index contributed by atoms with van der Waals surface area (Å²) in [5, 5.41) is 2.54. The standard InChI is InChI=1S/C20H24F2N2O3S/c1-14(23-12-25)10-11-24(13-26)17-9-8-16(19(21)20(17)22)15-6-4-5-7-18(15)28(2,3)27/h4-9,12-14,28H,10-11H2,1-3H3,(H,23,25). The third-order valence-corrected chi connectivity index (χ3v) is 5.98. The maximum absolute atomic E-state index is 14.9. The Labute approximate surface area is 164 Å². The molecule has 2 rings (SSSR count). The Morgan fingerprint density at radius 2 is 1.75 bits per heavy atom. The monoisotopic (exact) mass is 410 g/mol. The highest BCUT2D eigenvalue weighted by atomic mass is 32.2. The van der Waals surface area contributed by atoms with E-state index in [0.29, 0.717) is 29.7 Å². The number of nitrogens with zero attached hydrogens (tertiary/aromatic N) is 1. The van der Waals surface area contributed by atoms with Crippen LogP contribution in [0.3, 0.4) is 0 Å². The molecule has 0 radical (unpaired) electrons. The Kier molecular flexibility index (Phi) is 7.01. The molecule has 0 heterocycles. The lowest BCUT2D eigenvalue weighted by Gasteiger charge is -2.22. The average molecular weight is 410 g/mol. The number of rotatable bonds is 9. The number of thiol groups is 1. The van der Waals surface area contributed by atoms with Crippen molar-refractivity contribution >= 4 is 28.4 Å². The normalized spacial score (nSPS) is 12.9. The first-order valence-corrected chi connectivity index (χ1v) is 11.4. The second-order valence-corrected chi connectivity index (χ2v) is 10.1. The van der Waals surface area contributed by atoms with Gasteiger partial charge in [-0.15, -0.1) is 0 Å². The summed E-state index contributed by atoms with van der Waals surface area (Å²) in [4.78, 5) is 23.4. The zero-order valence-electron chi connectivity index (χ0n) is 16.0. The number of anilines is 1. The number of carbonyl (C=O) groups excluding carboxylic acids is 2. The predicted molar refractivity (Wildman–Crippen MR) is 108 cm³/mol. The fourth-order valence-electron chi connectivity index (χ4n) is 2.90. The molecule has 1 unspecified atom stereocenters. The van der Waals surface area contributed by atoms with E-state index >= 15 is 0 Å². The van der Waals surface area contributed by atoms with Crippen LogP contribution in [-0.2, 0) is 19.5 Å². The number of nitrogens with one attached hydrogen (secondary N) is 1. The summed E-state index contributed by atoms with van der Waals surface area (Å²) in [7, 11) is -2.71. The zero-order valence-corrected chi connectivity index (χ0v) is 16.9. The maximum Gasteiger partial charge on any atom is 0.214 e. The van der Waals surface area contributed by atoms with Crippen LogP contribution in [0.4, 0.5) is 14.5 Å². The van der Waals surface area contributed by atoms with Crippen molar-refractivity contribution in [2.24, 2.45) is 0 Å². The van der Waals surface area contributed by atoms with Crippen molar-refractivity contribution in [1.82, 2.24) is 5.32 Å². The summed E-state index contributed by atoms with van der Waals surface area (Å²) in [5.74, 6) is -2.26. The van der Waals surface area contributed by atoms with Gasteiger partial charge >= 0.3 is 0 Å². The highest BCUT2D eigenvalue weighted by Crippen LogP contribution is 2.34. The maximum atomic E-state index is 14.9. The Balaban J connectivity index is 2.42. The zero-order chi connectivity index (χ0) is 20.9. The molecule has 0 aliphatic heterocycles. The van der Waals surface area contributed by atoms with E-state index in [1.807, 2.05) is 0 Å². The third kappa shape index (κ3) is 4.81. The summed E-state index contributed by atoms with van der Waals surface area (Å²) >= 11 is 0. The molecule has 1 atom stereocenters. The van der Waals surface area contributed by atoms with Crippen molar-refractivity contribution in [1.29, 1.82) is 0 Å². The van der Waals surface area contributed by atoms with Gasteiger partial charge in [0.2, 0.25) is 12.8 Å². The molecule has 0 saturated carbocycles. The van der Waals surface area contributed by atoms with E-state index in [2.05, 4.69) is 5.32 Å². The van der Waals surface area contributed by atoms with E-state index < -0.39 is 21.6 Å². The van der Waals surface area contributed by atoms with Gasteiger partial charge in [0.1, 0.15) is 0 Å². The molecule has 0 bridgehead atoms. The molecule has 0 saturated heterocycles. The van der Waals surface area contributed by atoms with Gasteiger partial charge in [0.15, 0.2) is 11.6 Å². The van der Waals surface area contributed by atoms with Crippen LogP contribution < -0.4 is 10.2 Å². The van der Waals surface area contributed by atoms with Gasteiger partial charge in [0, 0.05) is 23.0 Å². The first-order valence-electron chi connectivity index (χ1n) is 8.75. The molecule has 5 nitrogen and oxygen atoms in total. The number of benzene rings is 2. The Morgan fingerprint density at radius 3 is 2.36 bits per heavy atom. The molecule has 2 aromatic carbocycles. The Hall–Kier alpha value is -2.61. The SMILES string of the molecule is CC(CCN(C=O)c1ccc(-c2ccccc2[SH](C)(C)=O)c(F)c1F)NC=O. The topological polar surface area (TPSA) is 66.5 Å². The van der Waals surface area contributed by atoms with Crippen molar-refractivity contribution < 1.29 is 22.6 Å². The molecule has 8 heteroatoms. The molecule has 28 heavy (non-hydrogen) atoms. The number of carbonyl (C=O) groups is 2. The van der Waals surface area contributed by atoms with Gasteiger partial charge in [-0.2, -0.15) is 0 Å². The van der Waals surface area contributed by atoms with Crippen LogP contribution in [0, 0.1) is 11.6 Å². The molecule has 152 valence electrons. The van der Waals surface area contributed by atoms with E-state index in [1.54, 1.807) is 43.7 Å². The number of halogens is 2. The van der Waals surface area contributed by atoms with E-state index in [9.17, 15) is 22.6 Å². The summed E-state index contributed by atoms with van der Waals surface area (Å²) < 4.78 is 42.2. The lowest BCUT2D eigenvalue weighted by molar-refractivity contribution is -0.110. The fraction of sp³-hybridized carbons (Fsp3) is 0.300. The van der Waals surface area contributed by atoms with E-state index in [0.717, 1.165) is 4.90 Å². The van der Waals surface area contributed by atoms with Crippen LogP contribution >= 0.6 is 0 Å². The van der Waals surface area contributed by atoms with Crippen LogP contribution in [0.1, 0.15) is 13.3 Å². The first-order chi connectivity index (χ1) is 13.2. The van der Waals surface area contributed by atoms with Crippen molar-refractivity contribution in [2.75, 3.05) is 24.0 Å². The van der Waals surface area contributed by atoms with Crippen molar-refractivity contribution in [2.45, 2.75) is 24.3 Å². The largest absolute Gasteiger partial charge is 0.356 e. The lowest BCUT2D eigenvalue weighted by Crippen LogP contribution is -2.31. The Morgan fingerprint density at radius 1 is 1.07 bits per heavy atom. The van der Waals surface area contributed by atoms with Gasteiger partial charge in [0.05, 0.1) is 5.69 Å². The van der Waals surface area contributed by atoms with Crippen LogP contribution in [0.5, 0.6) is 0 Å². The second-order valence-electron chi connectivity index (χ2n) is 6.90. The summed E-state index contributed by atoms with van der Waals surface area (Å²) in [6.07, 6.45) is 4.47. The molecular formula is C20H24F2N2O3S. The minimum atomic E-state index is -2.71. The van der Waals surface area contributed by atoms with E-state index in [4.69, 9.17) is 0 Å². The number of hydrogen-bond donors (Lipinski definition) is 2. The summed E-state index contributed by atoms with van der Waals surface area (Å²) in [6.45, 7) is 1.85. The highest BCUT2D eigenvalue weighted by Gasteiger charge is 2.22. The predicted octanol–water partition coefficient (Wildman–Crippen LogP) is 2.75. The van der Waals surface area contributed by atoms with Crippen molar-refractivity contribution in [3.8, 4) is 11.1 Å². The van der Waals surface area contributed by atoms with Crippen LogP contribution in [0.2, 0.25) is 0 Å². The van der Waals surface area contributed by atoms with E-state index in [-0.39, 0.29) is 23.8 Å². The first kappa shape index (κ1) is 21.7. The van der Waals surface area contributed by atoms with Gasteiger partial charge < -0.3 is 10.2 Å². The molecule has 2 amide bonds. The van der Waals surface area contributed by atoms with Gasteiger partial charge in [0.25, 0.3) is 0 Å². The second kappa shape index (κ2) is 9.05. The molecule has 0 aromatic heterocycles. The van der Waals surface area contributed by atoms with Crippen molar-refractivity contribution in [3.05, 3.63) is 48.0 Å². The molecule has 1 N–H and O–H groups in total.